The molecule has 0 spiro atoms. The molecule has 3 aliphatic rings. The Kier molecular flexibility index (Phi) is 5.85. The fourth-order valence-electron chi connectivity index (χ4n) is 5.94. The second kappa shape index (κ2) is 8.83. The summed E-state index contributed by atoms with van der Waals surface area (Å²) in [5.74, 6) is -1.08. The van der Waals surface area contributed by atoms with E-state index in [9.17, 15) is 19.5 Å². The molecule has 34 heavy (non-hydrogen) atoms. The van der Waals surface area contributed by atoms with E-state index in [-0.39, 0.29) is 36.3 Å². The van der Waals surface area contributed by atoms with Crippen LogP contribution in [-0.4, -0.2) is 63.0 Å². The van der Waals surface area contributed by atoms with Crippen molar-refractivity contribution in [2.45, 2.75) is 44.3 Å². The van der Waals surface area contributed by atoms with E-state index in [0.717, 1.165) is 41.7 Å². The predicted octanol–water partition coefficient (Wildman–Crippen LogP) is 1.63. The van der Waals surface area contributed by atoms with Crippen molar-refractivity contribution in [3.8, 4) is 0 Å². The van der Waals surface area contributed by atoms with Crippen molar-refractivity contribution >= 4 is 17.4 Å². The molecule has 4 atom stereocenters. The molecular formula is C26H30N4O4. The molecular weight excluding hydrogens is 432 g/mol. The van der Waals surface area contributed by atoms with E-state index in [1.807, 2.05) is 18.2 Å². The summed E-state index contributed by atoms with van der Waals surface area (Å²) in [4.78, 5) is 47.6. The fraction of sp³-hybridized carbons (Fsp3) is 0.462. The Hall–Kier alpha value is -3.26. The van der Waals surface area contributed by atoms with Gasteiger partial charge in [0.1, 0.15) is 6.04 Å². The topological polar surface area (TPSA) is 95.7 Å². The van der Waals surface area contributed by atoms with Crippen LogP contribution in [0.3, 0.4) is 0 Å². The SMILES string of the molecule is CN(C)C(=O)[C@H]1[C@H](CO)[C@H]2Cn3c(ccc(C4=CCCC4)c3=O)[C@H]2N1C(=O)Cc1cccnc1. The van der Waals surface area contributed by atoms with Crippen LogP contribution in [0.1, 0.15) is 42.1 Å². The van der Waals surface area contributed by atoms with Crippen LogP contribution >= 0.6 is 0 Å². The first-order valence-corrected chi connectivity index (χ1v) is 11.9. The summed E-state index contributed by atoms with van der Waals surface area (Å²) in [5, 5.41) is 10.4. The lowest BCUT2D eigenvalue weighted by molar-refractivity contribution is -0.145. The number of likely N-dealkylation sites (tertiary alicyclic amines) is 1. The zero-order chi connectivity index (χ0) is 24.0. The van der Waals surface area contributed by atoms with Crippen molar-refractivity contribution in [2.24, 2.45) is 11.8 Å². The van der Waals surface area contributed by atoms with Gasteiger partial charge in [-0.05, 0) is 48.6 Å². The Labute approximate surface area is 198 Å². The summed E-state index contributed by atoms with van der Waals surface area (Å²) in [6.07, 6.45) is 8.46. The van der Waals surface area contributed by atoms with Gasteiger partial charge in [-0.1, -0.05) is 12.1 Å². The zero-order valence-electron chi connectivity index (χ0n) is 19.6. The average molecular weight is 463 g/mol. The quantitative estimate of drug-likeness (QED) is 0.729. The Bertz CT molecular complexity index is 1200. The highest BCUT2D eigenvalue weighted by atomic mass is 16.3. The monoisotopic (exact) mass is 462 g/mol. The number of carbonyl (C=O) groups excluding carboxylic acids is 2. The minimum atomic E-state index is -0.778. The number of allylic oxidation sites excluding steroid dienone is 2. The number of rotatable bonds is 5. The molecule has 0 radical (unpaired) electrons. The van der Waals surface area contributed by atoms with E-state index in [4.69, 9.17) is 0 Å². The summed E-state index contributed by atoms with van der Waals surface area (Å²) >= 11 is 0. The molecule has 0 bridgehead atoms. The standard InChI is InChI=1S/C26H30N4O4/c1-28(2)26(34)24-20(15-31)19-14-29-21(10-9-18(25(29)33)17-7-3-4-8-17)23(19)30(24)22(32)12-16-6-5-11-27-13-16/h5-7,9-11,13,19-20,23-24,31H,3-4,8,12,14-15H2,1-2H3/t19-,20-,23+,24-/m1/s1. The smallest absolute Gasteiger partial charge is 0.258 e. The van der Waals surface area contributed by atoms with Gasteiger partial charge in [-0.2, -0.15) is 0 Å². The lowest BCUT2D eigenvalue weighted by atomic mass is 9.88. The highest BCUT2D eigenvalue weighted by Gasteiger charge is 2.57. The van der Waals surface area contributed by atoms with Crippen LogP contribution in [0.5, 0.6) is 0 Å². The van der Waals surface area contributed by atoms with Crippen LogP contribution in [-0.2, 0) is 22.6 Å². The first kappa shape index (κ1) is 22.5. The van der Waals surface area contributed by atoms with Crippen LogP contribution in [0, 0.1) is 11.8 Å². The highest BCUT2D eigenvalue weighted by molar-refractivity contribution is 5.90. The number of pyridine rings is 2. The third-order valence-electron chi connectivity index (χ3n) is 7.52. The molecule has 2 aromatic rings. The van der Waals surface area contributed by atoms with E-state index in [0.29, 0.717) is 6.54 Å². The molecule has 8 nitrogen and oxygen atoms in total. The Morgan fingerprint density at radius 2 is 2.06 bits per heavy atom. The lowest BCUT2D eigenvalue weighted by Crippen LogP contribution is -2.50. The number of aromatic nitrogens is 2. The van der Waals surface area contributed by atoms with E-state index in [1.165, 1.54) is 4.90 Å². The van der Waals surface area contributed by atoms with E-state index < -0.39 is 18.0 Å². The van der Waals surface area contributed by atoms with E-state index >= 15 is 0 Å². The molecule has 178 valence electrons. The first-order valence-electron chi connectivity index (χ1n) is 11.9. The second-order valence-electron chi connectivity index (χ2n) is 9.68. The van der Waals surface area contributed by atoms with Crippen LogP contribution in [0.2, 0.25) is 0 Å². The van der Waals surface area contributed by atoms with Crippen LogP contribution in [0.4, 0.5) is 0 Å². The summed E-state index contributed by atoms with van der Waals surface area (Å²) < 4.78 is 1.76. The van der Waals surface area contributed by atoms with Gasteiger partial charge < -0.3 is 19.5 Å². The van der Waals surface area contributed by atoms with Crippen molar-refractivity contribution in [3.05, 3.63) is 69.9 Å². The van der Waals surface area contributed by atoms with E-state index in [2.05, 4.69) is 11.1 Å². The van der Waals surface area contributed by atoms with Crippen molar-refractivity contribution in [1.29, 1.82) is 0 Å². The number of nitrogens with zero attached hydrogens (tertiary/aromatic N) is 4. The molecule has 2 amide bonds. The normalized spacial score (nSPS) is 25.1. The van der Waals surface area contributed by atoms with Gasteiger partial charge in [0.2, 0.25) is 11.8 Å². The largest absolute Gasteiger partial charge is 0.396 e. The van der Waals surface area contributed by atoms with Gasteiger partial charge in [-0.15, -0.1) is 0 Å². The Morgan fingerprint density at radius 1 is 1.24 bits per heavy atom. The average Bonchev–Trinajstić information content (AvgIpc) is 3.54. The third-order valence-corrected chi connectivity index (χ3v) is 7.52. The van der Waals surface area contributed by atoms with Gasteiger partial charge >= 0.3 is 0 Å². The van der Waals surface area contributed by atoms with Crippen molar-refractivity contribution < 1.29 is 14.7 Å². The van der Waals surface area contributed by atoms with Gasteiger partial charge in [-0.25, -0.2) is 0 Å². The molecule has 0 aromatic carbocycles. The number of aliphatic hydroxyl groups is 1. The van der Waals surface area contributed by atoms with Gasteiger partial charge in [0, 0.05) is 62.7 Å². The second-order valence-corrected chi connectivity index (χ2v) is 9.68. The maximum absolute atomic E-state index is 13.7. The molecule has 4 heterocycles. The number of likely N-dealkylation sites (N-methyl/N-ethyl adjacent to an activating group) is 1. The minimum absolute atomic E-state index is 0.0492. The van der Waals surface area contributed by atoms with Crippen LogP contribution < -0.4 is 5.56 Å². The maximum atomic E-state index is 13.7. The molecule has 2 aliphatic heterocycles. The number of hydrogen-bond acceptors (Lipinski definition) is 5. The Morgan fingerprint density at radius 3 is 2.71 bits per heavy atom. The zero-order valence-corrected chi connectivity index (χ0v) is 19.6. The molecule has 0 saturated carbocycles. The molecule has 2 aromatic heterocycles. The maximum Gasteiger partial charge on any atom is 0.258 e. The number of aliphatic hydroxyl groups excluding tert-OH is 1. The van der Waals surface area contributed by atoms with Crippen LogP contribution in [0.25, 0.3) is 5.57 Å². The third kappa shape index (κ3) is 3.57. The van der Waals surface area contributed by atoms with Gasteiger partial charge in [-0.3, -0.25) is 19.4 Å². The predicted molar refractivity (Wildman–Crippen MR) is 127 cm³/mol. The highest BCUT2D eigenvalue weighted by Crippen LogP contribution is 2.49. The number of carbonyl (C=O) groups is 2. The Balaban J connectivity index is 1.58. The fourth-order valence-corrected chi connectivity index (χ4v) is 5.94. The summed E-state index contributed by atoms with van der Waals surface area (Å²) in [7, 11) is 3.32. The summed E-state index contributed by atoms with van der Waals surface area (Å²) in [5.41, 5.74) is 3.25. The summed E-state index contributed by atoms with van der Waals surface area (Å²) in [6.45, 7) is 0.155. The minimum Gasteiger partial charge on any atom is -0.396 e. The van der Waals surface area contributed by atoms with Gasteiger partial charge in [0.25, 0.3) is 5.56 Å². The molecule has 8 heteroatoms. The van der Waals surface area contributed by atoms with Crippen molar-refractivity contribution in [3.63, 3.8) is 0 Å². The number of hydrogen-bond donors (Lipinski definition) is 1. The lowest BCUT2D eigenvalue weighted by Gasteiger charge is -2.32. The van der Waals surface area contributed by atoms with Crippen molar-refractivity contribution in [2.75, 3.05) is 20.7 Å². The molecule has 0 unspecified atom stereocenters. The number of fused-ring (bicyclic) bond motifs is 3. The van der Waals surface area contributed by atoms with E-state index in [1.54, 1.807) is 42.0 Å². The summed E-state index contributed by atoms with van der Waals surface area (Å²) in [6, 6.07) is 6.20. The van der Waals surface area contributed by atoms with Crippen LogP contribution in [0.15, 0.2) is 47.5 Å². The molecule has 5 rings (SSSR count). The molecule has 1 saturated heterocycles. The molecule has 1 aliphatic carbocycles. The van der Waals surface area contributed by atoms with Crippen molar-refractivity contribution in [1.82, 2.24) is 19.4 Å². The molecule has 1 fully saturated rings. The molecule has 1 N–H and O–H groups in total. The first-order chi connectivity index (χ1) is 16.4. The van der Waals surface area contributed by atoms with Gasteiger partial charge in [0.05, 0.1) is 12.5 Å². The number of amides is 2. The van der Waals surface area contributed by atoms with Gasteiger partial charge in [0.15, 0.2) is 0 Å².